The predicted molar refractivity (Wildman–Crippen MR) is 64.8 cm³/mol. The van der Waals surface area contributed by atoms with Crippen LogP contribution in [0, 0.1) is 5.92 Å². The number of nitrogens with two attached hydrogens (primary N) is 1. The summed E-state index contributed by atoms with van der Waals surface area (Å²) >= 11 is 0. The molecule has 3 N–H and O–H groups in total. The first-order chi connectivity index (χ1) is 7.79. The molecular formula is C13H16N2O. The maximum absolute atomic E-state index is 11.8. The number of allylic oxidation sites excluding steroid dienone is 2. The quantitative estimate of drug-likeness (QED) is 0.760. The average Bonchev–Trinajstić information content (AvgIpc) is 2.83. The van der Waals surface area contributed by atoms with Gasteiger partial charge in [-0.2, -0.15) is 0 Å². The number of hydrogen-bond donors (Lipinski definition) is 2. The molecule has 1 aliphatic carbocycles. The van der Waals surface area contributed by atoms with E-state index >= 15 is 0 Å². The van der Waals surface area contributed by atoms with Gasteiger partial charge in [-0.05, 0) is 30.5 Å². The number of benzene rings is 1. The maximum Gasteiger partial charge on any atom is 0.228 e. The SMILES string of the molecule is NCc1cccc(NC(=O)C2CC=CC2)c1. The van der Waals surface area contributed by atoms with E-state index in [2.05, 4.69) is 17.5 Å². The minimum absolute atomic E-state index is 0.0965. The molecule has 0 aliphatic heterocycles. The molecule has 0 heterocycles. The van der Waals surface area contributed by atoms with Crippen LogP contribution >= 0.6 is 0 Å². The van der Waals surface area contributed by atoms with Crippen molar-refractivity contribution < 1.29 is 4.79 Å². The summed E-state index contributed by atoms with van der Waals surface area (Å²) in [6.45, 7) is 0.495. The topological polar surface area (TPSA) is 55.1 Å². The molecule has 1 amide bonds. The Bertz CT molecular complexity index is 404. The van der Waals surface area contributed by atoms with Crippen LogP contribution in [0.3, 0.4) is 0 Å². The van der Waals surface area contributed by atoms with Gasteiger partial charge in [-0.3, -0.25) is 4.79 Å². The highest BCUT2D eigenvalue weighted by Crippen LogP contribution is 2.20. The number of carbonyl (C=O) groups is 1. The summed E-state index contributed by atoms with van der Waals surface area (Å²) in [5.74, 6) is 0.195. The molecule has 0 bridgehead atoms. The molecule has 3 heteroatoms. The van der Waals surface area contributed by atoms with Crippen LogP contribution < -0.4 is 11.1 Å². The minimum atomic E-state index is 0.0965. The molecule has 0 atom stereocenters. The average molecular weight is 216 g/mol. The molecule has 0 radical (unpaired) electrons. The summed E-state index contributed by atoms with van der Waals surface area (Å²) in [5, 5.41) is 2.92. The number of anilines is 1. The van der Waals surface area contributed by atoms with Gasteiger partial charge in [0.15, 0.2) is 0 Å². The Morgan fingerprint density at radius 1 is 1.38 bits per heavy atom. The van der Waals surface area contributed by atoms with Gasteiger partial charge in [-0.1, -0.05) is 24.3 Å². The summed E-state index contributed by atoms with van der Waals surface area (Å²) in [5.41, 5.74) is 7.41. The molecule has 0 unspecified atom stereocenters. The lowest BCUT2D eigenvalue weighted by Crippen LogP contribution is -2.20. The fourth-order valence-electron chi connectivity index (χ4n) is 1.85. The van der Waals surface area contributed by atoms with E-state index in [4.69, 9.17) is 5.73 Å². The molecule has 1 aromatic rings. The molecular weight excluding hydrogens is 200 g/mol. The Balaban J connectivity index is 2.00. The van der Waals surface area contributed by atoms with Crippen molar-refractivity contribution in [2.45, 2.75) is 19.4 Å². The van der Waals surface area contributed by atoms with Crippen molar-refractivity contribution in [3.63, 3.8) is 0 Å². The number of nitrogens with one attached hydrogen (secondary N) is 1. The third-order valence-corrected chi connectivity index (χ3v) is 2.81. The fourth-order valence-corrected chi connectivity index (χ4v) is 1.85. The number of hydrogen-bond acceptors (Lipinski definition) is 2. The molecule has 1 aliphatic rings. The van der Waals surface area contributed by atoms with Crippen LogP contribution in [0.1, 0.15) is 18.4 Å². The van der Waals surface area contributed by atoms with Gasteiger partial charge in [-0.15, -0.1) is 0 Å². The molecule has 0 aromatic heterocycles. The number of amides is 1. The lowest BCUT2D eigenvalue weighted by atomic mass is 10.1. The van der Waals surface area contributed by atoms with Gasteiger partial charge < -0.3 is 11.1 Å². The second-order valence-electron chi connectivity index (χ2n) is 4.03. The van der Waals surface area contributed by atoms with E-state index in [1.165, 1.54) is 0 Å². The lowest BCUT2D eigenvalue weighted by Gasteiger charge is -2.11. The summed E-state index contributed by atoms with van der Waals surface area (Å²) < 4.78 is 0. The molecule has 84 valence electrons. The summed E-state index contributed by atoms with van der Waals surface area (Å²) in [4.78, 5) is 11.8. The first kappa shape index (κ1) is 10.9. The highest BCUT2D eigenvalue weighted by molar-refractivity contribution is 5.93. The summed E-state index contributed by atoms with van der Waals surface area (Å²) in [6, 6.07) is 7.66. The van der Waals surface area contributed by atoms with Crippen molar-refractivity contribution in [3.05, 3.63) is 42.0 Å². The largest absolute Gasteiger partial charge is 0.326 e. The van der Waals surface area contributed by atoms with E-state index in [0.29, 0.717) is 6.54 Å². The lowest BCUT2D eigenvalue weighted by molar-refractivity contribution is -0.119. The number of rotatable bonds is 3. The second-order valence-corrected chi connectivity index (χ2v) is 4.03. The summed E-state index contributed by atoms with van der Waals surface area (Å²) in [7, 11) is 0. The van der Waals surface area contributed by atoms with E-state index < -0.39 is 0 Å². The molecule has 0 saturated carbocycles. The van der Waals surface area contributed by atoms with Crippen molar-refractivity contribution in [1.82, 2.24) is 0 Å². The molecule has 0 fully saturated rings. The first-order valence-corrected chi connectivity index (χ1v) is 5.54. The smallest absolute Gasteiger partial charge is 0.228 e. The molecule has 0 saturated heterocycles. The van der Waals surface area contributed by atoms with Crippen molar-refractivity contribution in [2.24, 2.45) is 11.7 Å². The van der Waals surface area contributed by atoms with E-state index in [1.54, 1.807) is 0 Å². The maximum atomic E-state index is 11.8. The van der Waals surface area contributed by atoms with Gasteiger partial charge in [0.1, 0.15) is 0 Å². The van der Waals surface area contributed by atoms with Crippen molar-refractivity contribution in [1.29, 1.82) is 0 Å². The van der Waals surface area contributed by atoms with Crippen LogP contribution in [0.5, 0.6) is 0 Å². The molecule has 16 heavy (non-hydrogen) atoms. The zero-order valence-corrected chi connectivity index (χ0v) is 9.15. The van der Waals surface area contributed by atoms with E-state index in [-0.39, 0.29) is 11.8 Å². The molecule has 0 spiro atoms. The first-order valence-electron chi connectivity index (χ1n) is 5.54. The highest BCUT2D eigenvalue weighted by Gasteiger charge is 2.18. The van der Waals surface area contributed by atoms with Crippen LogP contribution in [0.2, 0.25) is 0 Å². The Kier molecular flexibility index (Phi) is 3.37. The standard InChI is InChI=1S/C13H16N2O/c14-9-10-4-3-7-12(8-10)15-13(16)11-5-1-2-6-11/h1-4,7-8,11H,5-6,9,14H2,(H,15,16). The minimum Gasteiger partial charge on any atom is -0.326 e. The second kappa shape index (κ2) is 4.94. The van der Waals surface area contributed by atoms with Gasteiger partial charge in [-0.25, -0.2) is 0 Å². The Labute approximate surface area is 95.3 Å². The van der Waals surface area contributed by atoms with Crippen LogP contribution in [-0.2, 0) is 11.3 Å². The van der Waals surface area contributed by atoms with Gasteiger partial charge in [0.2, 0.25) is 5.91 Å². The van der Waals surface area contributed by atoms with Gasteiger partial charge in [0.05, 0.1) is 0 Å². The number of carbonyl (C=O) groups excluding carboxylic acids is 1. The summed E-state index contributed by atoms with van der Waals surface area (Å²) in [6.07, 6.45) is 5.81. The normalized spacial score (nSPS) is 15.3. The fraction of sp³-hybridized carbons (Fsp3) is 0.308. The van der Waals surface area contributed by atoms with E-state index in [9.17, 15) is 4.79 Å². The Morgan fingerprint density at radius 2 is 2.12 bits per heavy atom. The predicted octanol–water partition coefficient (Wildman–Crippen LogP) is 2.05. The van der Waals surface area contributed by atoms with Crippen molar-refractivity contribution in [3.8, 4) is 0 Å². The van der Waals surface area contributed by atoms with Crippen LogP contribution in [-0.4, -0.2) is 5.91 Å². The Hall–Kier alpha value is -1.61. The van der Waals surface area contributed by atoms with Crippen molar-refractivity contribution >= 4 is 11.6 Å². The third-order valence-electron chi connectivity index (χ3n) is 2.81. The zero-order chi connectivity index (χ0) is 11.4. The van der Waals surface area contributed by atoms with Crippen molar-refractivity contribution in [2.75, 3.05) is 5.32 Å². The molecule has 2 rings (SSSR count). The molecule has 1 aromatic carbocycles. The van der Waals surface area contributed by atoms with Gasteiger partial charge in [0, 0.05) is 18.2 Å². The van der Waals surface area contributed by atoms with Crippen LogP contribution in [0.15, 0.2) is 36.4 Å². The van der Waals surface area contributed by atoms with Gasteiger partial charge in [0.25, 0.3) is 0 Å². The Morgan fingerprint density at radius 3 is 2.81 bits per heavy atom. The third kappa shape index (κ3) is 2.49. The zero-order valence-electron chi connectivity index (χ0n) is 9.15. The molecule has 3 nitrogen and oxygen atoms in total. The monoisotopic (exact) mass is 216 g/mol. The van der Waals surface area contributed by atoms with E-state index in [1.807, 2.05) is 24.3 Å². The van der Waals surface area contributed by atoms with Crippen LogP contribution in [0.25, 0.3) is 0 Å². The highest BCUT2D eigenvalue weighted by atomic mass is 16.1. The van der Waals surface area contributed by atoms with Crippen LogP contribution in [0.4, 0.5) is 5.69 Å². The van der Waals surface area contributed by atoms with Gasteiger partial charge >= 0.3 is 0 Å². The van der Waals surface area contributed by atoms with E-state index in [0.717, 1.165) is 24.1 Å².